The van der Waals surface area contributed by atoms with Crippen LogP contribution in [0.25, 0.3) is 11.3 Å². The number of imide groups is 1. The van der Waals surface area contributed by atoms with Crippen LogP contribution in [0.2, 0.25) is 0 Å². The normalized spacial score (nSPS) is 14.8. The van der Waals surface area contributed by atoms with Gasteiger partial charge < -0.3 is 5.32 Å². The summed E-state index contributed by atoms with van der Waals surface area (Å²) in [6.07, 6.45) is 0.581. The second kappa shape index (κ2) is 6.99. The Balaban J connectivity index is 1.68. The molecule has 0 radical (unpaired) electrons. The Kier molecular flexibility index (Phi) is 4.91. The summed E-state index contributed by atoms with van der Waals surface area (Å²) in [5.41, 5.74) is 1.99. The molecule has 2 aromatic rings. The highest BCUT2D eigenvalue weighted by atomic mass is 32.1. The minimum Gasteiger partial charge on any atom is -0.326 e. The molecule has 1 aromatic carbocycles. The van der Waals surface area contributed by atoms with Crippen molar-refractivity contribution in [2.75, 3.05) is 5.32 Å². The minimum atomic E-state index is -0.451. The second-order valence-electron chi connectivity index (χ2n) is 7.28. The predicted octanol–water partition coefficient (Wildman–Crippen LogP) is 3.44. The fourth-order valence-corrected chi connectivity index (χ4v) is 3.28. The maximum atomic E-state index is 12.0. The van der Waals surface area contributed by atoms with Gasteiger partial charge in [-0.05, 0) is 12.1 Å². The molecule has 6 nitrogen and oxygen atoms in total. The summed E-state index contributed by atoms with van der Waals surface area (Å²) >= 11 is 1.43. The summed E-state index contributed by atoms with van der Waals surface area (Å²) in [7, 11) is 0. The molecule has 3 amide bonds. The van der Waals surface area contributed by atoms with Gasteiger partial charge in [0.1, 0.15) is 5.01 Å². The number of thiazole rings is 1. The Morgan fingerprint density at radius 1 is 1.15 bits per heavy atom. The summed E-state index contributed by atoms with van der Waals surface area (Å²) in [5.74, 6) is -0.308. The molecular formula is C19H21N3O3S. The van der Waals surface area contributed by atoms with Gasteiger partial charge in [-0.1, -0.05) is 32.9 Å². The van der Waals surface area contributed by atoms with Crippen LogP contribution in [0.3, 0.4) is 0 Å². The van der Waals surface area contributed by atoms with E-state index < -0.39 is 5.41 Å². The number of nitrogens with one attached hydrogen (secondary N) is 1. The Hall–Kier alpha value is -2.54. The number of benzene rings is 1. The highest BCUT2D eigenvalue weighted by Gasteiger charge is 2.29. The van der Waals surface area contributed by atoms with E-state index in [4.69, 9.17) is 0 Å². The van der Waals surface area contributed by atoms with Crippen LogP contribution < -0.4 is 5.32 Å². The zero-order chi connectivity index (χ0) is 18.9. The molecule has 3 rings (SSSR count). The molecular weight excluding hydrogens is 350 g/mol. The molecule has 1 aliphatic rings. The Bertz CT molecular complexity index is 834. The smallest absolute Gasteiger partial charge is 0.230 e. The summed E-state index contributed by atoms with van der Waals surface area (Å²) in [5, 5.41) is 5.52. The summed E-state index contributed by atoms with van der Waals surface area (Å²) in [6.45, 7) is 5.83. The Labute approximate surface area is 156 Å². The van der Waals surface area contributed by atoms with Crippen LogP contribution in [-0.2, 0) is 20.9 Å². The van der Waals surface area contributed by atoms with Crippen molar-refractivity contribution in [2.45, 2.75) is 40.2 Å². The number of rotatable bonds is 4. The number of amides is 3. The largest absolute Gasteiger partial charge is 0.326 e. The Morgan fingerprint density at radius 2 is 1.77 bits per heavy atom. The summed E-state index contributed by atoms with van der Waals surface area (Å²) in [4.78, 5) is 41.2. The average molecular weight is 371 g/mol. The second-order valence-corrected chi connectivity index (χ2v) is 8.22. The molecule has 0 bridgehead atoms. The van der Waals surface area contributed by atoms with Crippen LogP contribution in [0.4, 0.5) is 5.69 Å². The molecule has 1 N–H and O–H groups in total. The van der Waals surface area contributed by atoms with Crippen LogP contribution in [0.5, 0.6) is 0 Å². The van der Waals surface area contributed by atoms with Gasteiger partial charge in [0.05, 0.1) is 12.2 Å². The fraction of sp³-hybridized carbons (Fsp3) is 0.368. The van der Waals surface area contributed by atoms with Crippen molar-refractivity contribution in [1.29, 1.82) is 0 Å². The number of hydrogen-bond donors (Lipinski definition) is 1. The van der Waals surface area contributed by atoms with Gasteiger partial charge in [-0.3, -0.25) is 19.3 Å². The van der Waals surface area contributed by atoms with Gasteiger partial charge in [0.15, 0.2) is 0 Å². The number of carbonyl (C=O) groups excluding carboxylic acids is 3. The van der Waals surface area contributed by atoms with Gasteiger partial charge in [0.2, 0.25) is 17.7 Å². The standard InChI is InChI=1S/C19H21N3O3S/c1-19(2,3)18(25)20-13-6-4-12(5-7-13)14-11-26-15(21-14)10-22-16(23)8-9-17(22)24/h4-7,11H,8-10H2,1-3H3,(H,20,25). The quantitative estimate of drug-likeness (QED) is 0.835. The number of aromatic nitrogens is 1. The molecule has 26 heavy (non-hydrogen) atoms. The van der Waals surface area contributed by atoms with Crippen LogP contribution in [0.1, 0.15) is 38.6 Å². The molecule has 0 unspecified atom stereocenters. The van der Waals surface area contributed by atoms with Crippen LogP contribution in [0, 0.1) is 5.41 Å². The van der Waals surface area contributed by atoms with Crippen molar-refractivity contribution in [2.24, 2.45) is 5.41 Å². The number of likely N-dealkylation sites (tertiary alicyclic amines) is 1. The van der Waals surface area contributed by atoms with E-state index in [0.717, 1.165) is 22.0 Å². The van der Waals surface area contributed by atoms with Crippen molar-refractivity contribution in [3.63, 3.8) is 0 Å². The molecule has 1 saturated heterocycles. The monoisotopic (exact) mass is 371 g/mol. The SMILES string of the molecule is CC(C)(C)C(=O)Nc1ccc(-c2csc(CN3C(=O)CCC3=O)n2)cc1. The summed E-state index contributed by atoms with van der Waals surface area (Å²) in [6, 6.07) is 7.46. The Morgan fingerprint density at radius 3 is 2.35 bits per heavy atom. The lowest BCUT2D eigenvalue weighted by atomic mass is 9.95. The molecule has 1 aromatic heterocycles. The van der Waals surface area contributed by atoms with E-state index in [2.05, 4.69) is 10.3 Å². The van der Waals surface area contributed by atoms with Crippen molar-refractivity contribution < 1.29 is 14.4 Å². The zero-order valence-electron chi connectivity index (χ0n) is 15.0. The van der Waals surface area contributed by atoms with Gasteiger partial charge in [-0.25, -0.2) is 4.98 Å². The first-order valence-electron chi connectivity index (χ1n) is 8.43. The number of nitrogens with zero attached hydrogens (tertiary/aromatic N) is 2. The third-order valence-corrected chi connectivity index (χ3v) is 4.95. The molecule has 7 heteroatoms. The lowest BCUT2D eigenvalue weighted by Gasteiger charge is -2.17. The van der Waals surface area contributed by atoms with E-state index in [1.807, 2.05) is 50.4 Å². The van der Waals surface area contributed by atoms with E-state index in [1.54, 1.807) is 0 Å². The van der Waals surface area contributed by atoms with E-state index in [-0.39, 0.29) is 24.3 Å². The van der Waals surface area contributed by atoms with E-state index in [9.17, 15) is 14.4 Å². The highest BCUT2D eigenvalue weighted by molar-refractivity contribution is 7.09. The maximum Gasteiger partial charge on any atom is 0.230 e. The van der Waals surface area contributed by atoms with Crippen LogP contribution in [0.15, 0.2) is 29.6 Å². The molecule has 0 spiro atoms. The topological polar surface area (TPSA) is 79.4 Å². The first-order chi connectivity index (χ1) is 12.2. The third-order valence-electron chi connectivity index (χ3n) is 4.12. The first-order valence-corrected chi connectivity index (χ1v) is 9.31. The van der Waals surface area contributed by atoms with Crippen molar-refractivity contribution in [1.82, 2.24) is 9.88 Å². The van der Waals surface area contributed by atoms with Crippen LogP contribution in [-0.4, -0.2) is 27.6 Å². The molecule has 0 atom stereocenters. The van der Waals surface area contributed by atoms with Gasteiger partial charge in [0, 0.05) is 34.9 Å². The molecule has 1 aliphatic heterocycles. The third kappa shape index (κ3) is 3.99. The zero-order valence-corrected chi connectivity index (χ0v) is 15.9. The molecule has 2 heterocycles. The van der Waals surface area contributed by atoms with Gasteiger partial charge >= 0.3 is 0 Å². The minimum absolute atomic E-state index is 0.0406. The van der Waals surface area contributed by atoms with Gasteiger partial charge in [-0.15, -0.1) is 11.3 Å². The van der Waals surface area contributed by atoms with E-state index in [0.29, 0.717) is 12.8 Å². The lowest BCUT2D eigenvalue weighted by molar-refractivity contribution is -0.139. The van der Waals surface area contributed by atoms with Crippen molar-refractivity contribution in [3.05, 3.63) is 34.7 Å². The first kappa shape index (κ1) is 18.3. The van der Waals surface area contributed by atoms with E-state index >= 15 is 0 Å². The molecule has 1 fully saturated rings. The fourth-order valence-electron chi connectivity index (χ4n) is 2.49. The molecule has 0 saturated carbocycles. The summed E-state index contributed by atoms with van der Waals surface area (Å²) < 4.78 is 0. The highest BCUT2D eigenvalue weighted by Crippen LogP contribution is 2.26. The van der Waals surface area contributed by atoms with Crippen molar-refractivity contribution in [3.8, 4) is 11.3 Å². The lowest BCUT2D eigenvalue weighted by Crippen LogP contribution is -2.28. The molecule has 136 valence electrons. The number of carbonyl (C=O) groups is 3. The molecule has 0 aliphatic carbocycles. The predicted molar refractivity (Wildman–Crippen MR) is 100 cm³/mol. The average Bonchev–Trinajstić information content (AvgIpc) is 3.17. The number of hydrogen-bond acceptors (Lipinski definition) is 5. The van der Waals surface area contributed by atoms with E-state index in [1.165, 1.54) is 16.2 Å². The van der Waals surface area contributed by atoms with Crippen molar-refractivity contribution >= 4 is 34.7 Å². The number of anilines is 1. The van der Waals surface area contributed by atoms with Crippen LogP contribution >= 0.6 is 11.3 Å². The van der Waals surface area contributed by atoms with Gasteiger partial charge in [0.25, 0.3) is 0 Å². The van der Waals surface area contributed by atoms with Gasteiger partial charge in [-0.2, -0.15) is 0 Å². The maximum absolute atomic E-state index is 12.0.